The maximum atomic E-state index is 12.1. The molecular formula is C11H22N2O4S. The molecule has 1 heterocycles. The van der Waals surface area contributed by atoms with Crippen molar-refractivity contribution in [2.45, 2.75) is 51.5 Å². The Morgan fingerprint density at radius 3 is 2.33 bits per heavy atom. The largest absolute Gasteiger partial charge is 0.480 e. The maximum Gasteiger partial charge on any atom is 0.324 e. The van der Waals surface area contributed by atoms with Crippen LogP contribution in [0.5, 0.6) is 0 Å². The van der Waals surface area contributed by atoms with Gasteiger partial charge in [0.25, 0.3) is 10.2 Å². The summed E-state index contributed by atoms with van der Waals surface area (Å²) in [6.07, 6.45) is 3.56. The van der Waals surface area contributed by atoms with Crippen molar-refractivity contribution in [3.8, 4) is 0 Å². The normalized spacial score (nSPS) is 21.4. The Labute approximate surface area is 109 Å². The number of hydrogen-bond acceptors (Lipinski definition) is 3. The van der Waals surface area contributed by atoms with Gasteiger partial charge in [-0.3, -0.25) is 4.79 Å². The summed E-state index contributed by atoms with van der Waals surface area (Å²) >= 11 is 0. The fraction of sp³-hybridized carbons (Fsp3) is 0.909. The van der Waals surface area contributed by atoms with Crippen molar-refractivity contribution in [3.05, 3.63) is 0 Å². The summed E-state index contributed by atoms with van der Waals surface area (Å²) in [4.78, 5) is 11.2. The molecule has 7 heteroatoms. The van der Waals surface area contributed by atoms with Crippen LogP contribution in [0, 0.1) is 0 Å². The molecule has 0 spiro atoms. The number of carbonyl (C=O) groups is 1. The highest BCUT2D eigenvalue weighted by molar-refractivity contribution is 7.87. The van der Waals surface area contributed by atoms with Crippen LogP contribution >= 0.6 is 0 Å². The van der Waals surface area contributed by atoms with Crippen molar-refractivity contribution in [1.82, 2.24) is 9.03 Å². The van der Waals surface area contributed by atoms with Gasteiger partial charge in [-0.15, -0.1) is 0 Å². The Morgan fingerprint density at radius 2 is 1.89 bits per heavy atom. The van der Waals surface area contributed by atoms with Gasteiger partial charge in [-0.25, -0.2) is 0 Å². The lowest BCUT2D eigenvalue weighted by atomic mass is 9.98. The second-order valence-electron chi connectivity index (χ2n) is 4.95. The van der Waals surface area contributed by atoms with Crippen LogP contribution in [0.4, 0.5) is 0 Å². The van der Waals surface area contributed by atoms with Crippen molar-refractivity contribution in [3.63, 3.8) is 0 Å². The molecule has 0 aromatic rings. The molecule has 0 radical (unpaired) electrons. The minimum absolute atomic E-state index is 0.273. The quantitative estimate of drug-likeness (QED) is 0.757. The van der Waals surface area contributed by atoms with Crippen molar-refractivity contribution < 1.29 is 18.3 Å². The second-order valence-corrected chi connectivity index (χ2v) is 6.62. The fourth-order valence-electron chi connectivity index (χ4n) is 2.16. The van der Waals surface area contributed by atoms with E-state index in [9.17, 15) is 18.3 Å². The molecule has 2 N–H and O–H groups in total. The third-order valence-electron chi connectivity index (χ3n) is 3.23. The third kappa shape index (κ3) is 3.66. The van der Waals surface area contributed by atoms with E-state index >= 15 is 0 Å². The molecule has 1 unspecified atom stereocenters. The first-order chi connectivity index (χ1) is 8.32. The van der Waals surface area contributed by atoms with Crippen LogP contribution in [-0.2, 0) is 15.0 Å². The summed E-state index contributed by atoms with van der Waals surface area (Å²) in [5, 5.41) is 9.18. The van der Waals surface area contributed by atoms with E-state index in [0.717, 1.165) is 19.3 Å². The first kappa shape index (κ1) is 15.4. The zero-order valence-corrected chi connectivity index (χ0v) is 11.8. The number of rotatable bonds is 6. The van der Waals surface area contributed by atoms with Gasteiger partial charge < -0.3 is 5.11 Å². The molecule has 0 aromatic carbocycles. The standard InChI is InChI=1S/C11H22N2O4S/c1-3-7-11(2,10(14)15)12-18(16,17)13-8-5-4-6-9-13/h12H,3-9H2,1-2H3,(H,14,15). The molecule has 1 fully saturated rings. The third-order valence-corrected chi connectivity index (χ3v) is 4.98. The monoisotopic (exact) mass is 278 g/mol. The molecule has 1 atom stereocenters. The summed E-state index contributed by atoms with van der Waals surface area (Å²) in [7, 11) is -3.71. The number of hydrogen-bond donors (Lipinski definition) is 2. The zero-order valence-electron chi connectivity index (χ0n) is 11.0. The van der Waals surface area contributed by atoms with E-state index in [1.54, 1.807) is 0 Å². The summed E-state index contributed by atoms with van der Waals surface area (Å²) in [6.45, 7) is 4.19. The van der Waals surface area contributed by atoms with Gasteiger partial charge in [-0.05, 0) is 26.2 Å². The second kappa shape index (κ2) is 5.99. The van der Waals surface area contributed by atoms with Gasteiger partial charge >= 0.3 is 5.97 Å². The number of carboxylic acids is 1. The van der Waals surface area contributed by atoms with Crippen LogP contribution in [0.15, 0.2) is 0 Å². The molecule has 6 nitrogen and oxygen atoms in total. The number of aliphatic carboxylic acids is 1. The van der Waals surface area contributed by atoms with Crippen molar-refractivity contribution in [1.29, 1.82) is 0 Å². The Balaban J connectivity index is 2.81. The lowest BCUT2D eigenvalue weighted by molar-refractivity contribution is -0.143. The van der Waals surface area contributed by atoms with Crippen LogP contribution in [0.1, 0.15) is 46.0 Å². The van der Waals surface area contributed by atoms with Crippen LogP contribution < -0.4 is 4.72 Å². The Kier molecular flexibility index (Phi) is 5.12. The summed E-state index contributed by atoms with van der Waals surface area (Å²) in [5.74, 6) is -1.13. The smallest absolute Gasteiger partial charge is 0.324 e. The van der Waals surface area contributed by atoms with Crippen molar-refractivity contribution in [2.24, 2.45) is 0 Å². The van der Waals surface area contributed by atoms with Gasteiger partial charge in [0.15, 0.2) is 0 Å². The lowest BCUT2D eigenvalue weighted by Crippen LogP contribution is -2.56. The summed E-state index contributed by atoms with van der Waals surface area (Å²) in [6, 6.07) is 0. The Hall–Kier alpha value is -0.660. The summed E-state index contributed by atoms with van der Waals surface area (Å²) in [5.41, 5.74) is -1.43. The van der Waals surface area contributed by atoms with Crippen LogP contribution in [-0.4, -0.2) is 42.4 Å². The number of piperidine rings is 1. The molecular weight excluding hydrogens is 256 g/mol. The molecule has 1 aliphatic heterocycles. The highest BCUT2D eigenvalue weighted by Gasteiger charge is 2.38. The number of nitrogens with one attached hydrogen (secondary N) is 1. The Bertz CT molecular complexity index is 390. The molecule has 0 bridgehead atoms. The predicted octanol–water partition coefficient (Wildman–Crippen LogP) is 0.950. The maximum absolute atomic E-state index is 12.1. The molecule has 1 rings (SSSR count). The fourth-order valence-corrected chi connectivity index (χ4v) is 3.78. The molecule has 1 aliphatic rings. The minimum Gasteiger partial charge on any atom is -0.480 e. The first-order valence-electron chi connectivity index (χ1n) is 6.34. The molecule has 0 aromatic heterocycles. The van der Waals surface area contributed by atoms with E-state index in [2.05, 4.69) is 4.72 Å². The predicted molar refractivity (Wildman–Crippen MR) is 68.4 cm³/mol. The van der Waals surface area contributed by atoms with Crippen LogP contribution in [0.2, 0.25) is 0 Å². The van der Waals surface area contributed by atoms with Gasteiger partial charge in [0.2, 0.25) is 0 Å². The van der Waals surface area contributed by atoms with Gasteiger partial charge in [0, 0.05) is 13.1 Å². The highest BCUT2D eigenvalue weighted by atomic mass is 32.2. The molecule has 106 valence electrons. The molecule has 0 aliphatic carbocycles. The minimum atomic E-state index is -3.71. The van der Waals surface area contributed by atoms with Crippen molar-refractivity contribution in [2.75, 3.05) is 13.1 Å². The SMILES string of the molecule is CCCC(C)(NS(=O)(=O)N1CCCCC1)C(=O)O. The van der Waals surface area contributed by atoms with Crippen molar-refractivity contribution >= 4 is 16.2 Å². The van der Waals surface area contributed by atoms with Gasteiger partial charge in [0.1, 0.15) is 5.54 Å². The topological polar surface area (TPSA) is 86.7 Å². The summed E-state index contributed by atoms with van der Waals surface area (Å²) < 4.78 is 27.9. The average Bonchev–Trinajstić information content (AvgIpc) is 2.29. The van der Waals surface area contributed by atoms with E-state index in [1.807, 2.05) is 6.92 Å². The van der Waals surface area contributed by atoms with Gasteiger partial charge in [0.05, 0.1) is 0 Å². The van der Waals surface area contributed by atoms with Gasteiger partial charge in [-0.1, -0.05) is 19.8 Å². The molecule has 18 heavy (non-hydrogen) atoms. The molecule has 1 saturated heterocycles. The molecule has 0 saturated carbocycles. The zero-order chi connectivity index (χ0) is 13.8. The van der Waals surface area contributed by atoms with Crippen LogP contribution in [0.25, 0.3) is 0 Å². The number of nitrogens with zero attached hydrogens (tertiary/aromatic N) is 1. The Morgan fingerprint density at radius 1 is 1.33 bits per heavy atom. The average molecular weight is 278 g/mol. The van der Waals surface area contributed by atoms with E-state index in [1.165, 1.54) is 11.2 Å². The number of carboxylic acid groups (broad SMARTS) is 1. The van der Waals surface area contributed by atoms with E-state index in [0.29, 0.717) is 19.5 Å². The molecule has 0 amide bonds. The van der Waals surface area contributed by atoms with Crippen LogP contribution in [0.3, 0.4) is 0 Å². The van der Waals surface area contributed by atoms with E-state index in [-0.39, 0.29) is 6.42 Å². The van der Waals surface area contributed by atoms with Gasteiger partial charge in [-0.2, -0.15) is 17.4 Å². The lowest BCUT2D eigenvalue weighted by Gasteiger charge is -2.31. The highest BCUT2D eigenvalue weighted by Crippen LogP contribution is 2.18. The first-order valence-corrected chi connectivity index (χ1v) is 7.78. The van der Waals surface area contributed by atoms with E-state index in [4.69, 9.17) is 0 Å². The van der Waals surface area contributed by atoms with E-state index < -0.39 is 21.7 Å².